The predicted molar refractivity (Wildman–Crippen MR) is 74.5 cm³/mol. The first kappa shape index (κ1) is 14.2. The van der Waals surface area contributed by atoms with Gasteiger partial charge in [-0.1, -0.05) is 6.07 Å². The topological polar surface area (TPSA) is 78.1 Å². The van der Waals surface area contributed by atoms with Crippen LogP contribution < -0.4 is 4.72 Å². The van der Waals surface area contributed by atoms with Crippen LogP contribution in [0.1, 0.15) is 10.9 Å². The maximum absolute atomic E-state index is 12.0. The minimum Gasteiger partial charge on any atom is -0.335 e. The fourth-order valence-electron chi connectivity index (χ4n) is 1.67. The second-order valence-corrected chi connectivity index (χ2v) is 6.98. The molecule has 6 nitrogen and oxygen atoms in total. The summed E-state index contributed by atoms with van der Waals surface area (Å²) in [7, 11) is 0.324. The number of aromatic nitrogens is 2. The summed E-state index contributed by atoms with van der Waals surface area (Å²) in [5.74, 6) is 0. The maximum Gasteiger partial charge on any atom is 0.257 e. The standard InChI is InChI=1S/C11H16N4O2S2/c1-15(2)9(10-4-3-5-18-10)6-14-19(16,17)11-7-12-8-13-11/h3-5,7-9,14H,6H2,1-2H3,(H,12,13). The van der Waals surface area contributed by atoms with E-state index >= 15 is 0 Å². The van der Waals surface area contributed by atoms with Crippen molar-refractivity contribution in [1.82, 2.24) is 19.6 Å². The summed E-state index contributed by atoms with van der Waals surface area (Å²) < 4.78 is 26.6. The molecule has 2 aromatic heterocycles. The summed E-state index contributed by atoms with van der Waals surface area (Å²) in [5.41, 5.74) is 0. The molecule has 1 unspecified atom stereocenters. The first-order chi connectivity index (χ1) is 9.00. The van der Waals surface area contributed by atoms with Gasteiger partial charge >= 0.3 is 0 Å². The van der Waals surface area contributed by atoms with Crippen LogP contribution in [0.3, 0.4) is 0 Å². The van der Waals surface area contributed by atoms with Crippen molar-refractivity contribution in [2.45, 2.75) is 11.1 Å². The van der Waals surface area contributed by atoms with Crippen molar-refractivity contribution in [2.75, 3.05) is 20.6 Å². The molecule has 0 saturated carbocycles. The van der Waals surface area contributed by atoms with Crippen molar-refractivity contribution in [3.63, 3.8) is 0 Å². The molecule has 0 aliphatic rings. The molecule has 0 amide bonds. The summed E-state index contributed by atoms with van der Waals surface area (Å²) in [4.78, 5) is 9.42. The van der Waals surface area contributed by atoms with Crippen LogP contribution in [0.2, 0.25) is 0 Å². The van der Waals surface area contributed by atoms with E-state index in [0.717, 1.165) is 4.88 Å². The molecule has 0 spiro atoms. The lowest BCUT2D eigenvalue weighted by atomic mass is 10.2. The first-order valence-electron chi connectivity index (χ1n) is 5.68. The molecule has 0 fully saturated rings. The quantitative estimate of drug-likeness (QED) is 0.836. The van der Waals surface area contributed by atoms with Crippen molar-refractivity contribution in [2.24, 2.45) is 0 Å². The fourth-order valence-corrected chi connectivity index (χ4v) is 3.54. The lowest BCUT2D eigenvalue weighted by Gasteiger charge is -2.23. The number of likely N-dealkylation sites (N-methyl/N-ethyl adjacent to an activating group) is 1. The SMILES string of the molecule is CN(C)C(CNS(=O)(=O)c1cnc[nH]1)c1cccs1. The average Bonchev–Trinajstić information content (AvgIpc) is 3.02. The molecule has 0 saturated heterocycles. The molecule has 8 heteroatoms. The molecular formula is C11H16N4O2S2. The number of nitrogens with zero attached hydrogens (tertiary/aromatic N) is 2. The molecule has 0 bridgehead atoms. The summed E-state index contributed by atoms with van der Waals surface area (Å²) in [6.07, 6.45) is 2.63. The average molecular weight is 300 g/mol. The van der Waals surface area contributed by atoms with Gasteiger partial charge in [-0.3, -0.25) is 0 Å². The van der Waals surface area contributed by atoms with Crippen molar-refractivity contribution in [3.05, 3.63) is 34.9 Å². The van der Waals surface area contributed by atoms with Gasteiger partial charge < -0.3 is 9.88 Å². The molecule has 0 aliphatic carbocycles. The Bertz CT molecular complexity index is 591. The minimum absolute atomic E-state index is 0.0118. The highest BCUT2D eigenvalue weighted by Crippen LogP contribution is 2.22. The van der Waals surface area contributed by atoms with Gasteiger partial charge in [0.25, 0.3) is 10.0 Å². The summed E-state index contributed by atoms with van der Waals surface area (Å²) in [6.45, 7) is 0.314. The van der Waals surface area contributed by atoms with E-state index in [1.165, 1.54) is 12.5 Å². The van der Waals surface area contributed by atoms with Crippen molar-refractivity contribution < 1.29 is 8.42 Å². The van der Waals surface area contributed by atoms with E-state index in [4.69, 9.17) is 0 Å². The zero-order valence-corrected chi connectivity index (χ0v) is 12.3. The number of rotatable bonds is 6. The van der Waals surface area contributed by atoms with Crippen LogP contribution in [0.5, 0.6) is 0 Å². The monoisotopic (exact) mass is 300 g/mol. The lowest BCUT2D eigenvalue weighted by Crippen LogP contribution is -2.34. The number of sulfonamides is 1. The van der Waals surface area contributed by atoms with E-state index in [2.05, 4.69) is 14.7 Å². The van der Waals surface area contributed by atoms with Crippen LogP contribution >= 0.6 is 11.3 Å². The van der Waals surface area contributed by atoms with Crippen LogP contribution in [0, 0.1) is 0 Å². The Hall–Kier alpha value is -1.22. The highest BCUT2D eigenvalue weighted by Gasteiger charge is 2.20. The molecule has 2 aromatic rings. The van der Waals surface area contributed by atoms with Gasteiger partial charge in [0.2, 0.25) is 0 Å². The van der Waals surface area contributed by atoms with Crippen LogP contribution in [-0.4, -0.2) is 43.9 Å². The smallest absolute Gasteiger partial charge is 0.257 e. The highest BCUT2D eigenvalue weighted by molar-refractivity contribution is 7.89. The Labute approximate surface area is 116 Å². The Kier molecular flexibility index (Phi) is 4.35. The zero-order chi connectivity index (χ0) is 13.9. The van der Waals surface area contributed by atoms with Crippen molar-refractivity contribution in [1.29, 1.82) is 0 Å². The van der Waals surface area contributed by atoms with Gasteiger partial charge in [-0.2, -0.15) is 0 Å². The van der Waals surface area contributed by atoms with Crippen LogP contribution in [0.25, 0.3) is 0 Å². The van der Waals surface area contributed by atoms with Crippen molar-refractivity contribution in [3.8, 4) is 0 Å². The number of aromatic amines is 1. The number of nitrogens with one attached hydrogen (secondary N) is 2. The molecule has 0 aliphatic heterocycles. The summed E-state index contributed by atoms with van der Waals surface area (Å²) >= 11 is 1.61. The van der Waals surface area contributed by atoms with E-state index in [9.17, 15) is 8.42 Å². The normalized spacial score (nSPS) is 13.8. The number of H-pyrrole nitrogens is 1. The second-order valence-electron chi connectivity index (χ2n) is 4.26. The van der Waals surface area contributed by atoms with E-state index in [1.54, 1.807) is 11.3 Å². The van der Waals surface area contributed by atoms with E-state index in [1.807, 2.05) is 36.5 Å². The van der Waals surface area contributed by atoms with Gasteiger partial charge in [-0.15, -0.1) is 11.3 Å². The van der Waals surface area contributed by atoms with E-state index < -0.39 is 10.0 Å². The third-order valence-corrected chi connectivity index (χ3v) is 5.05. The third-order valence-electron chi connectivity index (χ3n) is 2.72. The zero-order valence-electron chi connectivity index (χ0n) is 10.7. The first-order valence-corrected chi connectivity index (χ1v) is 8.05. The third kappa shape index (κ3) is 3.41. The highest BCUT2D eigenvalue weighted by atomic mass is 32.2. The van der Waals surface area contributed by atoms with Gasteiger partial charge in [0.1, 0.15) is 0 Å². The van der Waals surface area contributed by atoms with E-state index in [-0.39, 0.29) is 11.1 Å². The van der Waals surface area contributed by atoms with Gasteiger partial charge in [0.05, 0.1) is 18.6 Å². The molecule has 19 heavy (non-hydrogen) atoms. The Morgan fingerprint density at radius 2 is 2.32 bits per heavy atom. The van der Waals surface area contributed by atoms with Crippen LogP contribution in [-0.2, 0) is 10.0 Å². The fraction of sp³-hybridized carbons (Fsp3) is 0.364. The molecular weight excluding hydrogens is 284 g/mol. The Morgan fingerprint density at radius 1 is 1.53 bits per heavy atom. The molecule has 1 atom stereocenters. The Balaban J connectivity index is 2.08. The molecule has 2 rings (SSSR count). The molecule has 2 heterocycles. The van der Waals surface area contributed by atoms with Gasteiger partial charge in [0, 0.05) is 11.4 Å². The van der Waals surface area contributed by atoms with Gasteiger partial charge in [-0.05, 0) is 25.5 Å². The molecule has 104 valence electrons. The molecule has 0 aromatic carbocycles. The van der Waals surface area contributed by atoms with Crippen molar-refractivity contribution >= 4 is 21.4 Å². The van der Waals surface area contributed by atoms with Gasteiger partial charge in [-0.25, -0.2) is 18.1 Å². The maximum atomic E-state index is 12.0. The van der Waals surface area contributed by atoms with E-state index in [0.29, 0.717) is 6.54 Å². The molecule has 2 N–H and O–H groups in total. The summed E-state index contributed by atoms with van der Waals surface area (Å²) in [5, 5.41) is 2.06. The minimum atomic E-state index is -3.53. The van der Waals surface area contributed by atoms with Gasteiger partial charge in [0.15, 0.2) is 5.03 Å². The predicted octanol–water partition coefficient (Wildman–Crippen LogP) is 1.05. The summed E-state index contributed by atoms with van der Waals surface area (Å²) in [6, 6.07) is 3.97. The number of thiophene rings is 1. The number of hydrogen-bond donors (Lipinski definition) is 2. The van der Waals surface area contributed by atoms with Crippen LogP contribution in [0.4, 0.5) is 0 Å². The lowest BCUT2D eigenvalue weighted by molar-refractivity contribution is 0.303. The van der Waals surface area contributed by atoms with Crippen LogP contribution in [0.15, 0.2) is 35.1 Å². The second kappa shape index (κ2) is 5.83. The molecule has 0 radical (unpaired) electrons. The number of imidazole rings is 1. The number of hydrogen-bond acceptors (Lipinski definition) is 5. The Morgan fingerprint density at radius 3 is 2.84 bits per heavy atom. The largest absolute Gasteiger partial charge is 0.335 e.